The molecule has 0 radical (unpaired) electrons. The molecular weight excluding hydrogens is 408 g/mol. The Hall–Kier alpha value is -0.0900. The van der Waals surface area contributed by atoms with Crippen LogP contribution < -0.4 is 0 Å². The number of halogens is 2. The van der Waals surface area contributed by atoms with E-state index in [0.29, 0.717) is 16.1 Å². The average molecular weight is 438 g/mol. The van der Waals surface area contributed by atoms with Gasteiger partial charge in [0, 0.05) is 16.1 Å². The minimum absolute atomic E-state index is 0.315. The van der Waals surface area contributed by atoms with E-state index in [4.69, 9.17) is 5.11 Å². The normalized spacial score (nSPS) is 14.7. The van der Waals surface area contributed by atoms with E-state index in [1.54, 1.807) is 0 Å². The van der Waals surface area contributed by atoms with Crippen LogP contribution in [0, 0.1) is 0 Å². The summed E-state index contributed by atoms with van der Waals surface area (Å²) < 4.78 is 0. The first-order valence-corrected chi connectivity index (χ1v) is 10.2. The number of carboxylic acid groups (broad SMARTS) is 1. The van der Waals surface area contributed by atoms with Gasteiger partial charge in [-0.15, -0.1) is 0 Å². The van der Waals surface area contributed by atoms with Crippen LogP contribution in [-0.2, 0) is 4.79 Å². The van der Waals surface area contributed by atoms with Crippen molar-refractivity contribution in [2.75, 3.05) is 0 Å². The lowest BCUT2D eigenvalue weighted by atomic mass is 10.1. The van der Waals surface area contributed by atoms with E-state index >= 15 is 0 Å². The zero-order valence-corrected chi connectivity index (χ0v) is 16.8. The molecule has 4 heteroatoms. The molecule has 0 bridgehead atoms. The zero-order valence-electron chi connectivity index (χ0n) is 13.6. The zero-order chi connectivity index (χ0) is 16.6. The van der Waals surface area contributed by atoms with Crippen LogP contribution >= 0.6 is 31.9 Å². The molecule has 0 aromatic rings. The Labute approximate surface area is 152 Å². The van der Waals surface area contributed by atoms with Crippen LogP contribution in [0.15, 0.2) is 24.3 Å². The predicted octanol–water partition coefficient (Wildman–Crippen LogP) is 6.63. The maximum absolute atomic E-state index is 10.3. The largest absolute Gasteiger partial charge is 0.481 e. The van der Waals surface area contributed by atoms with Crippen molar-refractivity contribution in [1.82, 2.24) is 0 Å². The highest BCUT2D eigenvalue weighted by molar-refractivity contribution is 9.12. The molecule has 0 heterocycles. The molecule has 2 atom stereocenters. The minimum atomic E-state index is -0.677. The van der Waals surface area contributed by atoms with Crippen molar-refractivity contribution in [1.29, 1.82) is 0 Å². The van der Waals surface area contributed by atoms with E-state index in [2.05, 4.69) is 63.1 Å². The lowest BCUT2D eigenvalue weighted by molar-refractivity contribution is -0.137. The van der Waals surface area contributed by atoms with Crippen LogP contribution in [0.5, 0.6) is 0 Å². The summed E-state index contributed by atoms with van der Waals surface area (Å²) in [5, 5.41) is 8.53. The number of alkyl halides is 2. The molecule has 2 nitrogen and oxygen atoms in total. The van der Waals surface area contributed by atoms with Crippen LogP contribution in [0.1, 0.15) is 71.1 Å². The van der Waals surface area contributed by atoms with Crippen molar-refractivity contribution in [3.05, 3.63) is 24.3 Å². The summed E-state index contributed by atoms with van der Waals surface area (Å²) in [5.74, 6) is -0.677. The molecule has 0 aromatic heterocycles. The maximum Gasteiger partial charge on any atom is 0.303 e. The van der Waals surface area contributed by atoms with Gasteiger partial charge in [0.2, 0.25) is 0 Å². The fourth-order valence-electron chi connectivity index (χ4n) is 2.09. The van der Waals surface area contributed by atoms with E-state index < -0.39 is 5.97 Å². The second-order valence-electron chi connectivity index (χ2n) is 5.55. The van der Waals surface area contributed by atoms with Gasteiger partial charge in [-0.1, -0.05) is 82.4 Å². The fourth-order valence-corrected chi connectivity index (χ4v) is 2.89. The number of carbonyl (C=O) groups is 1. The molecule has 1 N–H and O–H groups in total. The van der Waals surface area contributed by atoms with Gasteiger partial charge >= 0.3 is 5.97 Å². The number of unbranched alkanes of at least 4 members (excludes halogenated alkanes) is 5. The molecule has 0 aliphatic rings. The molecule has 0 aromatic carbocycles. The van der Waals surface area contributed by atoms with Crippen LogP contribution in [-0.4, -0.2) is 20.7 Å². The molecule has 128 valence electrons. The van der Waals surface area contributed by atoms with E-state index in [9.17, 15) is 4.79 Å². The Morgan fingerprint density at radius 3 is 2.27 bits per heavy atom. The van der Waals surface area contributed by atoms with Crippen molar-refractivity contribution in [3.63, 3.8) is 0 Å². The Bertz CT molecular complexity index is 327. The summed E-state index contributed by atoms with van der Waals surface area (Å²) in [6.07, 6.45) is 19.0. The molecule has 0 fully saturated rings. The number of hydrogen-bond acceptors (Lipinski definition) is 1. The number of carboxylic acids is 1. The number of aliphatic carboxylic acids is 1. The third-order valence-electron chi connectivity index (χ3n) is 3.51. The Balaban J connectivity index is 3.39. The van der Waals surface area contributed by atoms with E-state index in [1.807, 2.05) is 0 Å². The van der Waals surface area contributed by atoms with Gasteiger partial charge in [0.15, 0.2) is 0 Å². The molecule has 0 amide bonds. The van der Waals surface area contributed by atoms with Gasteiger partial charge in [0.25, 0.3) is 0 Å². The van der Waals surface area contributed by atoms with Crippen LogP contribution in [0.4, 0.5) is 0 Å². The van der Waals surface area contributed by atoms with Gasteiger partial charge in [0.1, 0.15) is 0 Å². The average Bonchev–Trinajstić information content (AvgIpc) is 2.50. The van der Waals surface area contributed by atoms with E-state index in [-0.39, 0.29) is 0 Å². The van der Waals surface area contributed by atoms with Gasteiger partial charge < -0.3 is 5.11 Å². The monoisotopic (exact) mass is 436 g/mol. The Morgan fingerprint density at radius 2 is 1.59 bits per heavy atom. The smallest absolute Gasteiger partial charge is 0.303 e. The third kappa shape index (κ3) is 14.8. The van der Waals surface area contributed by atoms with Gasteiger partial charge in [-0.2, -0.15) is 0 Å². The van der Waals surface area contributed by atoms with Crippen molar-refractivity contribution in [2.45, 2.75) is 80.8 Å². The first kappa shape index (κ1) is 21.9. The topological polar surface area (TPSA) is 37.3 Å². The van der Waals surface area contributed by atoms with Crippen LogP contribution in [0.3, 0.4) is 0 Å². The molecule has 0 aliphatic heterocycles. The minimum Gasteiger partial charge on any atom is -0.481 e. The van der Waals surface area contributed by atoms with Gasteiger partial charge in [0.05, 0.1) is 0 Å². The second-order valence-corrected chi connectivity index (χ2v) is 7.91. The molecule has 2 unspecified atom stereocenters. The van der Waals surface area contributed by atoms with E-state index in [1.165, 1.54) is 12.8 Å². The lowest BCUT2D eigenvalue weighted by Crippen LogP contribution is -2.11. The predicted molar refractivity (Wildman–Crippen MR) is 103 cm³/mol. The van der Waals surface area contributed by atoms with Gasteiger partial charge in [-0.25, -0.2) is 0 Å². The molecule has 0 saturated carbocycles. The second kappa shape index (κ2) is 15.8. The molecule has 0 spiro atoms. The van der Waals surface area contributed by atoms with Crippen molar-refractivity contribution in [2.24, 2.45) is 0 Å². The Morgan fingerprint density at radius 1 is 0.955 bits per heavy atom. The third-order valence-corrected chi connectivity index (χ3v) is 6.52. The summed E-state index contributed by atoms with van der Waals surface area (Å²) in [4.78, 5) is 11.4. The Kier molecular flexibility index (Phi) is 15.7. The van der Waals surface area contributed by atoms with Crippen molar-refractivity contribution in [3.8, 4) is 0 Å². The highest BCUT2D eigenvalue weighted by atomic mass is 79.9. The van der Waals surface area contributed by atoms with Gasteiger partial charge in [-0.3, -0.25) is 4.79 Å². The molecule has 22 heavy (non-hydrogen) atoms. The molecule has 0 rings (SSSR count). The quantitative estimate of drug-likeness (QED) is 0.188. The van der Waals surface area contributed by atoms with Crippen molar-refractivity contribution >= 4 is 37.8 Å². The summed E-state index contributed by atoms with van der Waals surface area (Å²) in [5.41, 5.74) is 0. The lowest BCUT2D eigenvalue weighted by Gasteiger charge is -2.11. The summed E-state index contributed by atoms with van der Waals surface area (Å²) in [6, 6.07) is 0. The summed E-state index contributed by atoms with van der Waals surface area (Å²) >= 11 is 7.35. The van der Waals surface area contributed by atoms with Crippen molar-refractivity contribution < 1.29 is 9.90 Å². The maximum atomic E-state index is 10.3. The first-order valence-electron chi connectivity index (χ1n) is 8.37. The number of hydrogen-bond donors (Lipinski definition) is 1. The SMILES string of the molecule is CCC(Br)C(Br)CC=CCC=CCCCCCCCC(=O)O. The van der Waals surface area contributed by atoms with Crippen LogP contribution in [0.25, 0.3) is 0 Å². The van der Waals surface area contributed by atoms with Crippen LogP contribution in [0.2, 0.25) is 0 Å². The number of rotatable bonds is 14. The fraction of sp³-hybridized carbons (Fsp3) is 0.722. The standard InChI is InChI=1S/C18H30Br2O2/c1-2-16(19)17(20)14-12-10-8-6-4-3-5-7-9-11-13-15-18(21)22/h4,6,10,12,16-17H,2-3,5,7-9,11,13-15H2,1H3,(H,21,22). The molecular formula is C18H30Br2O2. The highest BCUT2D eigenvalue weighted by Gasteiger charge is 2.10. The van der Waals surface area contributed by atoms with Gasteiger partial charge in [-0.05, 0) is 38.5 Å². The number of allylic oxidation sites excluding steroid dienone is 4. The van der Waals surface area contributed by atoms with E-state index in [0.717, 1.165) is 44.9 Å². The molecule has 0 aliphatic carbocycles. The summed E-state index contributed by atoms with van der Waals surface area (Å²) in [7, 11) is 0. The first-order chi connectivity index (χ1) is 10.6. The summed E-state index contributed by atoms with van der Waals surface area (Å²) in [6.45, 7) is 2.19. The molecule has 0 saturated heterocycles. The highest BCUT2D eigenvalue weighted by Crippen LogP contribution is 2.20.